The Bertz CT molecular complexity index is 867. The van der Waals surface area contributed by atoms with Gasteiger partial charge >= 0.3 is 0 Å². The van der Waals surface area contributed by atoms with Gasteiger partial charge in [-0.3, -0.25) is 0 Å². The average molecular weight is 422 g/mol. The van der Waals surface area contributed by atoms with Gasteiger partial charge < -0.3 is 9.47 Å². The Kier molecular flexibility index (Phi) is 5.67. The van der Waals surface area contributed by atoms with Crippen molar-refractivity contribution in [1.29, 1.82) is 0 Å². The summed E-state index contributed by atoms with van der Waals surface area (Å²) in [5.74, 6) is 1.23. The van der Waals surface area contributed by atoms with Crippen molar-refractivity contribution in [2.45, 2.75) is 6.61 Å². The second kappa shape index (κ2) is 8.13. The molecule has 3 aromatic rings. The molecule has 0 amide bonds. The molecule has 0 bridgehead atoms. The molecule has 0 aliphatic heterocycles. The van der Waals surface area contributed by atoms with E-state index in [1.54, 1.807) is 13.3 Å². The fourth-order valence-electron chi connectivity index (χ4n) is 2.08. The topological polar surface area (TPSA) is 61.5 Å². The zero-order valence-corrected chi connectivity index (χ0v) is 15.6. The summed E-state index contributed by atoms with van der Waals surface area (Å²) in [7, 11) is 1.59. The van der Waals surface area contributed by atoms with Gasteiger partial charge in [0.25, 0.3) is 0 Å². The van der Waals surface area contributed by atoms with Crippen LogP contribution in [0.4, 0.5) is 0 Å². The van der Waals surface area contributed by atoms with Gasteiger partial charge in [-0.1, -0.05) is 23.7 Å². The highest BCUT2D eigenvalue weighted by Gasteiger charge is 2.11. The number of aromatic nitrogens is 3. The number of nitrogens with zero attached hydrogens (tertiary/aromatic N) is 4. The fourth-order valence-corrected chi connectivity index (χ4v) is 2.78. The average Bonchev–Trinajstić information content (AvgIpc) is 3.13. The van der Waals surface area contributed by atoms with Gasteiger partial charge in [0.05, 0.1) is 17.8 Å². The number of hydrogen-bond donors (Lipinski definition) is 0. The number of methoxy groups -OCH3 is 1. The molecule has 0 aliphatic carbocycles. The van der Waals surface area contributed by atoms with E-state index in [0.717, 1.165) is 15.6 Å². The van der Waals surface area contributed by atoms with Gasteiger partial charge in [-0.15, -0.1) is 10.2 Å². The van der Waals surface area contributed by atoms with Crippen molar-refractivity contribution in [3.05, 3.63) is 69.7 Å². The summed E-state index contributed by atoms with van der Waals surface area (Å²) < 4.78 is 13.6. The van der Waals surface area contributed by atoms with E-state index < -0.39 is 0 Å². The highest BCUT2D eigenvalue weighted by Crippen LogP contribution is 2.36. The Morgan fingerprint density at radius 2 is 1.92 bits per heavy atom. The number of halogens is 2. The van der Waals surface area contributed by atoms with E-state index in [9.17, 15) is 0 Å². The van der Waals surface area contributed by atoms with Gasteiger partial charge in [0, 0.05) is 5.02 Å². The Labute approximate surface area is 158 Å². The van der Waals surface area contributed by atoms with Crippen LogP contribution in [0.3, 0.4) is 0 Å². The summed E-state index contributed by atoms with van der Waals surface area (Å²) in [5.41, 5.74) is 1.85. The third-order valence-electron chi connectivity index (χ3n) is 3.29. The van der Waals surface area contributed by atoms with Crippen LogP contribution in [-0.2, 0) is 6.61 Å². The van der Waals surface area contributed by atoms with Crippen molar-refractivity contribution >= 4 is 33.7 Å². The van der Waals surface area contributed by atoms with Gasteiger partial charge in [0.2, 0.25) is 0 Å². The van der Waals surface area contributed by atoms with E-state index in [-0.39, 0.29) is 0 Å². The molecule has 2 aromatic carbocycles. The molecule has 0 unspecified atom stereocenters. The lowest BCUT2D eigenvalue weighted by molar-refractivity contribution is 0.282. The molecular formula is C17H14BrClN4O2. The summed E-state index contributed by atoms with van der Waals surface area (Å²) in [5, 5.41) is 12.3. The first-order chi connectivity index (χ1) is 12.2. The molecule has 0 radical (unpaired) electrons. The molecule has 3 rings (SSSR count). The Balaban J connectivity index is 1.78. The number of hydrogen-bond acceptors (Lipinski definition) is 5. The predicted molar refractivity (Wildman–Crippen MR) is 99.5 cm³/mol. The molecule has 8 heteroatoms. The van der Waals surface area contributed by atoms with Gasteiger partial charge in [-0.05, 0) is 51.3 Å². The lowest BCUT2D eigenvalue weighted by Crippen LogP contribution is -2.00. The first-order valence-corrected chi connectivity index (χ1v) is 8.46. The summed E-state index contributed by atoms with van der Waals surface area (Å²) in [4.78, 5) is 0. The monoisotopic (exact) mass is 420 g/mol. The fraction of sp³-hybridized carbons (Fsp3) is 0.118. The van der Waals surface area contributed by atoms with Crippen LogP contribution >= 0.6 is 27.5 Å². The molecule has 1 heterocycles. The summed E-state index contributed by atoms with van der Waals surface area (Å²) >= 11 is 9.42. The third kappa shape index (κ3) is 4.58. The van der Waals surface area contributed by atoms with Crippen LogP contribution in [-0.4, -0.2) is 28.2 Å². The van der Waals surface area contributed by atoms with Crippen LogP contribution in [0.25, 0.3) is 0 Å². The van der Waals surface area contributed by atoms with Crippen LogP contribution in [0, 0.1) is 0 Å². The van der Waals surface area contributed by atoms with Crippen molar-refractivity contribution in [3.63, 3.8) is 0 Å². The summed E-state index contributed by atoms with van der Waals surface area (Å²) in [6.07, 6.45) is 4.69. The van der Waals surface area contributed by atoms with Crippen molar-refractivity contribution < 1.29 is 9.47 Å². The van der Waals surface area contributed by atoms with Crippen LogP contribution in [0.1, 0.15) is 11.1 Å². The maximum atomic E-state index is 5.91. The van der Waals surface area contributed by atoms with E-state index in [1.165, 1.54) is 17.3 Å². The lowest BCUT2D eigenvalue weighted by atomic mass is 10.2. The Morgan fingerprint density at radius 3 is 2.60 bits per heavy atom. The lowest BCUT2D eigenvalue weighted by Gasteiger charge is -2.13. The van der Waals surface area contributed by atoms with E-state index in [1.807, 2.05) is 36.4 Å². The Hall–Kier alpha value is -2.38. The summed E-state index contributed by atoms with van der Waals surface area (Å²) in [6.45, 7) is 0.403. The normalized spacial score (nSPS) is 11.0. The van der Waals surface area contributed by atoms with Crippen molar-refractivity contribution in [3.8, 4) is 11.5 Å². The zero-order chi connectivity index (χ0) is 17.6. The molecule has 0 atom stereocenters. The molecular weight excluding hydrogens is 408 g/mol. The molecule has 0 fully saturated rings. The first kappa shape index (κ1) is 17.4. The van der Waals surface area contributed by atoms with Gasteiger partial charge in [0.15, 0.2) is 11.5 Å². The molecule has 25 heavy (non-hydrogen) atoms. The molecule has 0 spiro atoms. The predicted octanol–water partition coefficient (Wildman–Crippen LogP) is 4.16. The van der Waals surface area contributed by atoms with E-state index >= 15 is 0 Å². The van der Waals surface area contributed by atoms with Crippen LogP contribution in [0.5, 0.6) is 11.5 Å². The van der Waals surface area contributed by atoms with Crippen LogP contribution in [0.2, 0.25) is 5.02 Å². The standard InChI is InChI=1S/C17H14BrClN4O2/c1-24-16-7-13(8-22-23-10-20-21-11-23)6-15(18)17(16)25-9-12-2-4-14(19)5-3-12/h2-8,10-11H,9H2,1H3. The van der Waals surface area contributed by atoms with Gasteiger partial charge in [-0.25, -0.2) is 4.68 Å². The first-order valence-electron chi connectivity index (χ1n) is 7.29. The highest BCUT2D eigenvalue weighted by molar-refractivity contribution is 9.10. The smallest absolute Gasteiger partial charge is 0.175 e. The molecule has 0 saturated carbocycles. The number of ether oxygens (including phenoxy) is 2. The quantitative estimate of drug-likeness (QED) is 0.561. The minimum Gasteiger partial charge on any atom is -0.493 e. The Morgan fingerprint density at radius 1 is 1.20 bits per heavy atom. The minimum absolute atomic E-state index is 0.403. The maximum Gasteiger partial charge on any atom is 0.175 e. The van der Waals surface area contributed by atoms with E-state index in [2.05, 4.69) is 31.2 Å². The highest BCUT2D eigenvalue weighted by atomic mass is 79.9. The van der Waals surface area contributed by atoms with Gasteiger partial charge in [0.1, 0.15) is 19.3 Å². The molecule has 0 aliphatic rings. The SMILES string of the molecule is COc1cc(C=Nn2cnnc2)cc(Br)c1OCc1ccc(Cl)cc1. The second-order valence-corrected chi connectivity index (χ2v) is 6.33. The summed E-state index contributed by atoms with van der Waals surface area (Å²) in [6, 6.07) is 11.2. The molecule has 0 saturated heterocycles. The maximum absolute atomic E-state index is 5.91. The molecule has 6 nitrogen and oxygen atoms in total. The molecule has 1 aromatic heterocycles. The van der Waals surface area contributed by atoms with Crippen LogP contribution < -0.4 is 9.47 Å². The molecule has 128 valence electrons. The zero-order valence-electron chi connectivity index (χ0n) is 13.3. The van der Waals surface area contributed by atoms with E-state index in [4.69, 9.17) is 21.1 Å². The third-order valence-corrected chi connectivity index (χ3v) is 4.14. The second-order valence-electron chi connectivity index (χ2n) is 5.04. The van der Waals surface area contributed by atoms with Gasteiger partial charge in [-0.2, -0.15) is 5.10 Å². The molecule has 0 N–H and O–H groups in total. The minimum atomic E-state index is 0.403. The van der Waals surface area contributed by atoms with Crippen LogP contribution in [0.15, 0.2) is 58.6 Å². The van der Waals surface area contributed by atoms with E-state index in [0.29, 0.717) is 23.1 Å². The number of rotatable bonds is 6. The van der Waals surface area contributed by atoms with Crippen molar-refractivity contribution in [2.24, 2.45) is 5.10 Å². The van der Waals surface area contributed by atoms with Crippen molar-refractivity contribution in [2.75, 3.05) is 7.11 Å². The number of benzene rings is 2. The largest absolute Gasteiger partial charge is 0.493 e. The van der Waals surface area contributed by atoms with Crippen molar-refractivity contribution in [1.82, 2.24) is 14.9 Å².